The Bertz CT molecular complexity index is 924. The molecule has 0 aromatic heterocycles. The minimum absolute atomic E-state index is 0.261. The van der Waals surface area contributed by atoms with Crippen LogP contribution in [-0.4, -0.2) is 33.7 Å². The third kappa shape index (κ3) is 5.73. The number of hydrogen-bond acceptors (Lipinski definition) is 4. The van der Waals surface area contributed by atoms with E-state index in [4.69, 9.17) is 4.74 Å². The zero-order valence-corrected chi connectivity index (χ0v) is 17.8. The van der Waals surface area contributed by atoms with E-state index in [0.29, 0.717) is 12.3 Å². The van der Waals surface area contributed by atoms with Crippen molar-refractivity contribution in [2.45, 2.75) is 33.7 Å². The van der Waals surface area contributed by atoms with Crippen LogP contribution in [-0.2, 0) is 14.8 Å². The molecule has 1 atom stereocenters. The van der Waals surface area contributed by atoms with Crippen molar-refractivity contribution in [3.8, 4) is 5.75 Å². The molecule has 0 aliphatic rings. The Balaban J connectivity index is 2.14. The largest absolute Gasteiger partial charge is 0.494 e. The van der Waals surface area contributed by atoms with Crippen molar-refractivity contribution in [2.75, 3.05) is 23.7 Å². The Morgan fingerprint density at radius 2 is 1.79 bits per heavy atom. The molecule has 0 saturated heterocycles. The zero-order valence-electron chi connectivity index (χ0n) is 17.0. The van der Waals surface area contributed by atoms with Crippen molar-refractivity contribution in [2.24, 2.45) is 0 Å². The summed E-state index contributed by atoms with van der Waals surface area (Å²) in [7, 11) is -3.61. The van der Waals surface area contributed by atoms with Crippen LogP contribution in [0.25, 0.3) is 0 Å². The lowest BCUT2D eigenvalue weighted by atomic mass is 10.1. The first kappa shape index (κ1) is 21.8. The molecule has 1 unspecified atom stereocenters. The number of anilines is 1. The molecule has 2 aromatic rings. The second kappa shape index (κ2) is 9.10. The Morgan fingerprint density at radius 1 is 1.14 bits per heavy atom. The molecule has 1 amide bonds. The number of rotatable bonds is 8. The summed E-state index contributed by atoms with van der Waals surface area (Å²) >= 11 is 0. The maximum atomic E-state index is 12.6. The maximum absolute atomic E-state index is 12.6. The third-order valence-electron chi connectivity index (χ3n) is 4.39. The number of amides is 1. The van der Waals surface area contributed by atoms with E-state index >= 15 is 0 Å². The van der Waals surface area contributed by atoms with Crippen LogP contribution in [0.5, 0.6) is 5.75 Å². The normalized spacial score (nSPS) is 12.3. The summed E-state index contributed by atoms with van der Waals surface area (Å²) in [5.74, 6) is 0.399. The molecule has 0 heterocycles. The van der Waals surface area contributed by atoms with E-state index in [1.807, 2.05) is 64.1 Å². The third-order valence-corrected chi connectivity index (χ3v) is 5.52. The number of nitrogens with zero attached hydrogens (tertiary/aromatic N) is 1. The number of aryl methyl sites for hydroxylation is 2. The molecule has 2 aromatic carbocycles. The van der Waals surface area contributed by atoms with Gasteiger partial charge in [0.05, 0.1) is 24.6 Å². The number of hydrogen-bond donors (Lipinski definition) is 1. The highest BCUT2D eigenvalue weighted by atomic mass is 32.2. The predicted octanol–water partition coefficient (Wildman–Crippen LogP) is 3.35. The summed E-state index contributed by atoms with van der Waals surface area (Å²) in [5.41, 5.74) is 3.15. The van der Waals surface area contributed by atoms with Gasteiger partial charge in [-0.2, -0.15) is 0 Å². The first-order valence-electron chi connectivity index (χ1n) is 9.19. The first-order valence-corrected chi connectivity index (χ1v) is 11.0. The van der Waals surface area contributed by atoms with Crippen molar-refractivity contribution < 1.29 is 17.9 Å². The lowest BCUT2D eigenvalue weighted by Gasteiger charge is -2.25. The summed E-state index contributed by atoms with van der Waals surface area (Å²) in [4.78, 5) is 12.6. The lowest BCUT2D eigenvalue weighted by Crippen LogP contribution is -2.41. The fourth-order valence-corrected chi connectivity index (χ4v) is 3.80. The van der Waals surface area contributed by atoms with E-state index in [0.717, 1.165) is 33.0 Å². The van der Waals surface area contributed by atoms with Crippen molar-refractivity contribution in [3.05, 3.63) is 59.2 Å². The quantitative estimate of drug-likeness (QED) is 0.732. The number of sulfonamides is 1. The van der Waals surface area contributed by atoms with E-state index in [1.165, 1.54) is 0 Å². The summed E-state index contributed by atoms with van der Waals surface area (Å²) in [6, 6.07) is 12.7. The van der Waals surface area contributed by atoms with Gasteiger partial charge < -0.3 is 10.1 Å². The van der Waals surface area contributed by atoms with Gasteiger partial charge in [0.15, 0.2) is 0 Å². The summed E-state index contributed by atoms with van der Waals surface area (Å²) < 4.78 is 31.2. The Hall–Kier alpha value is -2.54. The summed E-state index contributed by atoms with van der Waals surface area (Å²) in [6.07, 6.45) is 1.11. The maximum Gasteiger partial charge on any atom is 0.241 e. The van der Waals surface area contributed by atoms with Gasteiger partial charge in [0.25, 0.3) is 0 Å². The van der Waals surface area contributed by atoms with E-state index in [2.05, 4.69) is 5.32 Å². The molecule has 152 valence electrons. The Morgan fingerprint density at radius 3 is 2.36 bits per heavy atom. The highest BCUT2D eigenvalue weighted by molar-refractivity contribution is 7.92. The number of nitrogens with one attached hydrogen (secondary N) is 1. The highest BCUT2D eigenvalue weighted by Crippen LogP contribution is 2.24. The van der Waals surface area contributed by atoms with Crippen molar-refractivity contribution in [3.63, 3.8) is 0 Å². The molecule has 28 heavy (non-hydrogen) atoms. The van der Waals surface area contributed by atoms with Gasteiger partial charge in [0.2, 0.25) is 15.9 Å². The molecule has 0 aliphatic heterocycles. The Labute approximate surface area is 167 Å². The van der Waals surface area contributed by atoms with Gasteiger partial charge in [-0.3, -0.25) is 9.10 Å². The van der Waals surface area contributed by atoms with Gasteiger partial charge in [-0.15, -0.1) is 0 Å². The zero-order chi connectivity index (χ0) is 20.9. The van der Waals surface area contributed by atoms with Gasteiger partial charge in [0, 0.05) is 0 Å². The molecule has 0 aliphatic carbocycles. The Kier molecular flexibility index (Phi) is 7.07. The van der Waals surface area contributed by atoms with E-state index in [9.17, 15) is 13.2 Å². The summed E-state index contributed by atoms with van der Waals surface area (Å²) in [5, 5.41) is 2.87. The molecule has 7 heteroatoms. The molecule has 1 N–H and O–H groups in total. The van der Waals surface area contributed by atoms with Crippen molar-refractivity contribution in [1.82, 2.24) is 5.32 Å². The van der Waals surface area contributed by atoms with Gasteiger partial charge in [0.1, 0.15) is 12.3 Å². The van der Waals surface area contributed by atoms with Crippen molar-refractivity contribution >= 4 is 21.6 Å². The topological polar surface area (TPSA) is 75.7 Å². The van der Waals surface area contributed by atoms with Crippen LogP contribution >= 0.6 is 0 Å². The average Bonchev–Trinajstić information content (AvgIpc) is 2.62. The highest BCUT2D eigenvalue weighted by Gasteiger charge is 2.23. The van der Waals surface area contributed by atoms with Crippen molar-refractivity contribution in [1.29, 1.82) is 0 Å². The second-order valence-corrected chi connectivity index (χ2v) is 8.76. The second-order valence-electron chi connectivity index (χ2n) is 6.85. The van der Waals surface area contributed by atoms with Gasteiger partial charge in [-0.25, -0.2) is 8.42 Å². The SMILES string of the molecule is CCOc1ccc(C(C)NC(=O)CN(c2cc(C)ccc2C)S(C)(=O)=O)cc1. The summed E-state index contributed by atoms with van der Waals surface area (Å²) in [6.45, 7) is 7.80. The molecule has 2 rings (SSSR count). The smallest absolute Gasteiger partial charge is 0.241 e. The van der Waals surface area contributed by atoms with Crippen LogP contribution < -0.4 is 14.4 Å². The van der Waals surface area contributed by atoms with Crippen LogP contribution in [0.15, 0.2) is 42.5 Å². The molecule has 0 radical (unpaired) electrons. The number of carbonyl (C=O) groups excluding carboxylic acids is 1. The number of benzene rings is 2. The number of ether oxygens (including phenoxy) is 1. The number of carbonyl (C=O) groups is 1. The lowest BCUT2D eigenvalue weighted by molar-refractivity contribution is -0.120. The average molecular weight is 405 g/mol. The van der Waals surface area contributed by atoms with Gasteiger partial charge in [-0.1, -0.05) is 24.3 Å². The molecule has 0 bridgehead atoms. The standard InChI is InChI=1S/C21H28N2O4S/c1-6-27-19-11-9-18(10-12-19)17(4)22-21(24)14-23(28(5,25)26)20-13-15(2)7-8-16(20)3/h7-13,17H,6,14H2,1-5H3,(H,22,24). The van der Waals surface area contributed by atoms with Crippen LogP contribution in [0.3, 0.4) is 0 Å². The van der Waals surface area contributed by atoms with Crippen LogP contribution in [0.2, 0.25) is 0 Å². The molecule has 0 saturated carbocycles. The predicted molar refractivity (Wildman–Crippen MR) is 112 cm³/mol. The molecule has 6 nitrogen and oxygen atoms in total. The van der Waals surface area contributed by atoms with E-state index in [1.54, 1.807) is 6.07 Å². The van der Waals surface area contributed by atoms with E-state index in [-0.39, 0.29) is 18.5 Å². The van der Waals surface area contributed by atoms with Crippen LogP contribution in [0, 0.1) is 13.8 Å². The fourth-order valence-electron chi connectivity index (χ4n) is 2.89. The molecular weight excluding hydrogens is 376 g/mol. The molecule has 0 spiro atoms. The first-order chi connectivity index (χ1) is 13.1. The van der Waals surface area contributed by atoms with Crippen LogP contribution in [0.1, 0.15) is 36.6 Å². The molecule has 0 fully saturated rings. The molecular formula is C21H28N2O4S. The van der Waals surface area contributed by atoms with Crippen LogP contribution in [0.4, 0.5) is 5.69 Å². The monoisotopic (exact) mass is 404 g/mol. The van der Waals surface area contributed by atoms with Gasteiger partial charge >= 0.3 is 0 Å². The fraction of sp³-hybridized carbons (Fsp3) is 0.381. The van der Waals surface area contributed by atoms with E-state index < -0.39 is 10.0 Å². The minimum Gasteiger partial charge on any atom is -0.494 e. The van der Waals surface area contributed by atoms with Gasteiger partial charge in [-0.05, 0) is 62.6 Å². The minimum atomic E-state index is -3.61.